The van der Waals surface area contributed by atoms with E-state index in [-0.39, 0.29) is 22.2 Å². The Bertz CT molecular complexity index is 521. The molecule has 1 aromatic carbocycles. The number of carbonyl (C=O) groups excluding carboxylic acids is 1. The molecule has 0 saturated carbocycles. The zero-order valence-electron chi connectivity index (χ0n) is 10.5. The zero-order valence-corrected chi connectivity index (χ0v) is 12.9. The summed E-state index contributed by atoms with van der Waals surface area (Å²) in [5.74, 6) is 2.96. The predicted octanol–water partition coefficient (Wildman–Crippen LogP) is 2.83. The van der Waals surface area contributed by atoms with Crippen molar-refractivity contribution in [2.24, 2.45) is 0 Å². The average Bonchev–Trinajstić information content (AvgIpc) is 2.46. The maximum absolute atomic E-state index is 12.0. The second-order valence-electron chi connectivity index (χ2n) is 4.20. The Morgan fingerprint density at radius 3 is 2.95 bits per heavy atom. The molecule has 1 aromatic rings. The average molecular weight is 333 g/mol. The Kier molecular flexibility index (Phi) is 5.56. The Hall–Kier alpha value is -0.920. The number of thioether (sulfide) groups is 2. The van der Waals surface area contributed by atoms with Crippen LogP contribution in [-0.2, 0) is 0 Å². The summed E-state index contributed by atoms with van der Waals surface area (Å²) in [5, 5.41) is 14.0. The lowest BCUT2D eigenvalue weighted by Crippen LogP contribution is -2.33. The lowest BCUT2D eigenvalue weighted by Gasteiger charge is -2.21. The topological polar surface area (TPSA) is 72.2 Å². The summed E-state index contributed by atoms with van der Waals surface area (Å²) in [6.45, 7) is 0.576. The second kappa shape index (κ2) is 7.19. The summed E-state index contributed by atoms with van der Waals surface area (Å²) in [7, 11) is 0. The van der Waals surface area contributed by atoms with E-state index in [0.717, 1.165) is 17.3 Å². The van der Waals surface area contributed by atoms with E-state index < -0.39 is 4.92 Å². The lowest BCUT2D eigenvalue weighted by atomic mass is 10.2. The third-order valence-electron chi connectivity index (χ3n) is 2.78. The van der Waals surface area contributed by atoms with Gasteiger partial charge in [-0.15, -0.1) is 0 Å². The first-order valence-corrected chi connectivity index (χ1v) is 8.57. The van der Waals surface area contributed by atoms with Crippen molar-refractivity contribution in [2.45, 2.75) is 5.25 Å². The number of nitro benzene ring substituents is 1. The highest BCUT2D eigenvalue weighted by molar-refractivity contribution is 8.06. The van der Waals surface area contributed by atoms with Crippen LogP contribution in [0.2, 0.25) is 5.02 Å². The minimum Gasteiger partial charge on any atom is -0.351 e. The number of nitro groups is 1. The molecule has 1 fully saturated rings. The van der Waals surface area contributed by atoms with E-state index in [1.54, 1.807) is 0 Å². The molecule has 0 spiro atoms. The van der Waals surface area contributed by atoms with E-state index >= 15 is 0 Å². The summed E-state index contributed by atoms with van der Waals surface area (Å²) in [6.07, 6.45) is 0. The van der Waals surface area contributed by atoms with Gasteiger partial charge < -0.3 is 5.32 Å². The maximum Gasteiger partial charge on any atom is 0.288 e. The number of benzene rings is 1. The Morgan fingerprint density at radius 2 is 2.30 bits per heavy atom. The van der Waals surface area contributed by atoms with Crippen LogP contribution in [0.5, 0.6) is 0 Å². The van der Waals surface area contributed by atoms with E-state index in [0.29, 0.717) is 11.8 Å². The van der Waals surface area contributed by atoms with Gasteiger partial charge >= 0.3 is 0 Å². The highest BCUT2D eigenvalue weighted by Gasteiger charge is 2.18. The number of hydrogen-bond donors (Lipinski definition) is 1. The summed E-state index contributed by atoms with van der Waals surface area (Å²) in [6, 6.07) is 4.08. The van der Waals surface area contributed by atoms with Gasteiger partial charge in [-0.05, 0) is 12.1 Å². The predicted molar refractivity (Wildman–Crippen MR) is 84.0 cm³/mol. The highest BCUT2D eigenvalue weighted by Crippen LogP contribution is 2.25. The van der Waals surface area contributed by atoms with E-state index in [1.165, 1.54) is 18.2 Å². The molecule has 1 saturated heterocycles. The second-order valence-corrected chi connectivity index (χ2v) is 7.17. The lowest BCUT2D eigenvalue weighted by molar-refractivity contribution is -0.384. The number of nitrogens with zero attached hydrogens (tertiary/aromatic N) is 1. The van der Waals surface area contributed by atoms with Crippen LogP contribution in [0.25, 0.3) is 0 Å². The summed E-state index contributed by atoms with van der Waals surface area (Å²) < 4.78 is 0. The molecule has 5 nitrogen and oxygen atoms in total. The molecule has 2 rings (SSSR count). The first kappa shape index (κ1) is 15.5. The summed E-state index contributed by atoms with van der Waals surface area (Å²) in [5.41, 5.74) is 0.0106. The van der Waals surface area contributed by atoms with Crippen LogP contribution in [0.4, 0.5) is 5.69 Å². The molecule has 1 aliphatic rings. The van der Waals surface area contributed by atoms with Crippen molar-refractivity contribution in [3.05, 3.63) is 38.9 Å². The first-order chi connectivity index (χ1) is 9.58. The third-order valence-corrected chi connectivity index (χ3v) is 5.94. The van der Waals surface area contributed by atoms with Gasteiger partial charge in [0, 0.05) is 40.7 Å². The molecule has 1 aliphatic heterocycles. The molecule has 1 N–H and O–H groups in total. The first-order valence-electron chi connectivity index (χ1n) is 5.99. The molecular weight excluding hydrogens is 320 g/mol. The van der Waals surface area contributed by atoms with Crippen molar-refractivity contribution in [3.63, 3.8) is 0 Å². The van der Waals surface area contributed by atoms with Crippen LogP contribution in [0.3, 0.4) is 0 Å². The Labute approximate surface area is 130 Å². The largest absolute Gasteiger partial charge is 0.351 e. The fourth-order valence-electron chi connectivity index (χ4n) is 1.76. The molecule has 0 bridgehead atoms. The normalized spacial score (nSPS) is 18.6. The summed E-state index contributed by atoms with van der Waals surface area (Å²) in [4.78, 5) is 22.2. The van der Waals surface area contributed by atoms with Gasteiger partial charge in [-0.1, -0.05) is 11.6 Å². The third kappa shape index (κ3) is 4.04. The minimum absolute atomic E-state index is 0.0331. The molecule has 108 valence electrons. The van der Waals surface area contributed by atoms with Crippen molar-refractivity contribution in [1.29, 1.82) is 0 Å². The monoisotopic (exact) mass is 332 g/mol. The molecule has 8 heteroatoms. The van der Waals surface area contributed by atoms with Crippen LogP contribution < -0.4 is 5.32 Å². The van der Waals surface area contributed by atoms with Crippen LogP contribution >= 0.6 is 35.1 Å². The van der Waals surface area contributed by atoms with E-state index in [4.69, 9.17) is 11.6 Å². The number of halogens is 1. The van der Waals surface area contributed by atoms with E-state index in [2.05, 4.69) is 5.32 Å². The molecule has 0 radical (unpaired) electrons. The van der Waals surface area contributed by atoms with Crippen LogP contribution in [0.1, 0.15) is 10.4 Å². The Morgan fingerprint density at radius 1 is 1.50 bits per heavy atom. The van der Waals surface area contributed by atoms with Crippen molar-refractivity contribution >= 4 is 46.7 Å². The van der Waals surface area contributed by atoms with Gasteiger partial charge in [0.2, 0.25) is 0 Å². The fourth-order valence-corrected chi connectivity index (χ4v) is 4.56. The van der Waals surface area contributed by atoms with Gasteiger partial charge in [0.05, 0.1) is 4.92 Å². The van der Waals surface area contributed by atoms with Crippen LogP contribution in [-0.4, -0.2) is 39.9 Å². The minimum atomic E-state index is -0.591. The molecule has 1 amide bonds. The van der Waals surface area contributed by atoms with Gasteiger partial charge in [-0.25, -0.2) is 0 Å². The van der Waals surface area contributed by atoms with Crippen molar-refractivity contribution in [2.75, 3.05) is 23.8 Å². The number of hydrogen-bond acceptors (Lipinski definition) is 5. The number of carbonyl (C=O) groups is 1. The zero-order chi connectivity index (χ0) is 14.5. The van der Waals surface area contributed by atoms with Crippen LogP contribution in [0, 0.1) is 10.1 Å². The molecular formula is C12H13ClN2O3S2. The van der Waals surface area contributed by atoms with Gasteiger partial charge in [0.15, 0.2) is 0 Å². The summed E-state index contributed by atoms with van der Waals surface area (Å²) >= 11 is 9.44. The van der Waals surface area contributed by atoms with Crippen LogP contribution in [0.15, 0.2) is 18.2 Å². The van der Waals surface area contributed by atoms with Gasteiger partial charge in [-0.3, -0.25) is 14.9 Å². The smallest absolute Gasteiger partial charge is 0.288 e. The SMILES string of the molecule is O=C(NCC1CSCCS1)c1ccc(Cl)c([N+](=O)[O-])c1. The molecule has 0 aromatic heterocycles. The molecule has 1 unspecified atom stereocenters. The van der Waals surface area contributed by atoms with Crippen molar-refractivity contribution < 1.29 is 9.72 Å². The number of rotatable bonds is 4. The van der Waals surface area contributed by atoms with Gasteiger partial charge in [-0.2, -0.15) is 23.5 Å². The number of nitrogens with one attached hydrogen (secondary N) is 1. The van der Waals surface area contributed by atoms with Gasteiger partial charge in [0.1, 0.15) is 5.02 Å². The van der Waals surface area contributed by atoms with Crippen molar-refractivity contribution in [3.8, 4) is 0 Å². The maximum atomic E-state index is 12.0. The Balaban J connectivity index is 1.98. The fraction of sp³-hybridized carbons (Fsp3) is 0.417. The number of amides is 1. The quantitative estimate of drug-likeness (QED) is 0.678. The van der Waals surface area contributed by atoms with Gasteiger partial charge in [0.25, 0.3) is 11.6 Å². The van der Waals surface area contributed by atoms with E-state index in [1.807, 2.05) is 23.5 Å². The molecule has 1 atom stereocenters. The standard InChI is InChI=1S/C12H13ClN2O3S2/c13-10-2-1-8(5-11(10)15(17)18)12(16)14-6-9-7-19-3-4-20-9/h1-2,5,9H,3-4,6-7H2,(H,14,16). The highest BCUT2D eigenvalue weighted by atomic mass is 35.5. The molecule has 0 aliphatic carbocycles. The van der Waals surface area contributed by atoms with E-state index in [9.17, 15) is 14.9 Å². The molecule has 20 heavy (non-hydrogen) atoms. The molecule has 1 heterocycles. The van der Waals surface area contributed by atoms with Crippen molar-refractivity contribution in [1.82, 2.24) is 5.32 Å².